The van der Waals surface area contributed by atoms with Crippen LogP contribution in [0.25, 0.3) is 11.6 Å². The van der Waals surface area contributed by atoms with Gasteiger partial charge in [-0.1, -0.05) is 36.4 Å². The number of benzene rings is 3. The Balaban J connectivity index is 1.61. The Hall–Kier alpha value is -4.11. The molecule has 0 bridgehead atoms. The van der Waals surface area contributed by atoms with Crippen LogP contribution in [0.1, 0.15) is 23.1 Å². The van der Waals surface area contributed by atoms with Gasteiger partial charge in [-0.05, 0) is 54.0 Å². The largest absolute Gasteiger partial charge is 0.493 e. The number of halogens is 1. The molecule has 3 aromatic carbocycles. The smallest absolute Gasteiger partial charge is 0.311 e. The molecule has 0 amide bonds. The van der Waals surface area contributed by atoms with Gasteiger partial charge in [0.05, 0.1) is 25.9 Å². The summed E-state index contributed by atoms with van der Waals surface area (Å²) in [6.45, 7) is 0. The molecule has 0 saturated carbocycles. The van der Waals surface area contributed by atoms with E-state index < -0.39 is 5.82 Å². The van der Waals surface area contributed by atoms with E-state index in [1.165, 1.54) is 6.07 Å². The second kappa shape index (κ2) is 10.8. The quantitative estimate of drug-likeness (QED) is 0.205. The number of allylic oxidation sites excluding steroid dienone is 1. The number of aryl methyl sites for hydroxylation is 1. The molecular weight excluding hydrogens is 409 g/mol. The fourth-order valence-electron chi connectivity index (χ4n) is 3.11. The molecule has 0 aromatic heterocycles. The molecule has 0 spiro atoms. The molecule has 162 valence electrons. The average molecular weight is 431 g/mol. The molecule has 6 heteroatoms. The van der Waals surface area contributed by atoms with Gasteiger partial charge in [-0.15, -0.1) is 0 Å². The molecule has 0 N–H and O–H groups in total. The first-order chi connectivity index (χ1) is 15.5. The number of hydrogen-bond acceptors (Lipinski definition) is 5. The molecule has 0 heterocycles. The summed E-state index contributed by atoms with van der Waals surface area (Å²) in [4.78, 5) is 12.2. The molecule has 0 fully saturated rings. The Morgan fingerprint density at radius 2 is 1.72 bits per heavy atom. The van der Waals surface area contributed by atoms with E-state index >= 15 is 0 Å². The van der Waals surface area contributed by atoms with E-state index in [0.717, 1.165) is 5.56 Å². The number of ether oxygens (including phenoxy) is 3. The average Bonchev–Trinajstić information content (AvgIpc) is 2.82. The summed E-state index contributed by atoms with van der Waals surface area (Å²) < 4.78 is 29.8. The highest BCUT2D eigenvalue weighted by Crippen LogP contribution is 2.28. The van der Waals surface area contributed by atoms with Crippen LogP contribution in [0.2, 0.25) is 0 Å². The standard InChI is InChI=1S/C26H22FNO4/c1-30-24-13-9-19(16-25(24)31-2)10-14-26(29)32-21-11-7-18(8-12-21)15-20(17-28)22-5-3-4-6-23(22)27/h3-9,11-13,15-16H,10,14H2,1-2H3/b20-15-. The predicted molar refractivity (Wildman–Crippen MR) is 120 cm³/mol. The van der Waals surface area contributed by atoms with Crippen LogP contribution >= 0.6 is 0 Å². The van der Waals surface area contributed by atoms with Crippen molar-refractivity contribution in [1.29, 1.82) is 5.26 Å². The monoisotopic (exact) mass is 431 g/mol. The molecule has 0 atom stereocenters. The lowest BCUT2D eigenvalue weighted by atomic mass is 10.0. The van der Waals surface area contributed by atoms with Crippen molar-refractivity contribution < 1.29 is 23.4 Å². The number of methoxy groups -OCH3 is 2. The summed E-state index contributed by atoms with van der Waals surface area (Å²) in [7, 11) is 3.13. The van der Waals surface area contributed by atoms with Crippen LogP contribution in [-0.2, 0) is 11.2 Å². The molecule has 3 rings (SSSR count). The van der Waals surface area contributed by atoms with Crippen molar-refractivity contribution in [3.63, 3.8) is 0 Å². The van der Waals surface area contributed by atoms with E-state index in [1.54, 1.807) is 68.8 Å². The van der Waals surface area contributed by atoms with Crippen molar-refractivity contribution >= 4 is 17.6 Å². The second-order valence-corrected chi connectivity index (χ2v) is 6.88. The highest BCUT2D eigenvalue weighted by molar-refractivity contribution is 5.89. The fraction of sp³-hybridized carbons (Fsp3) is 0.154. The zero-order chi connectivity index (χ0) is 22.9. The van der Waals surface area contributed by atoms with Crippen LogP contribution < -0.4 is 14.2 Å². The van der Waals surface area contributed by atoms with Crippen LogP contribution in [0.15, 0.2) is 66.7 Å². The number of nitriles is 1. The maximum Gasteiger partial charge on any atom is 0.311 e. The van der Waals surface area contributed by atoms with Crippen molar-refractivity contribution in [1.82, 2.24) is 0 Å². The van der Waals surface area contributed by atoms with Gasteiger partial charge in [0.15, 0.2) is 11.5 Å². The van der Waals surface area contributed by atoms with Crippen LogP contribution in [0.4, 0.5) is 4.39 Å². The Morgan fingerprint density at radius 1 is 1.00 bits per heavy atom. The fourth-order valence-corrected chi connectivity index (χ4v) is 3.11. The summed E-state index contributed by atoms with van der Waals surface area (Å²) in [6, 6.07) is 20.3. The van der Waals surface area contributed by atoms with Crippen molar-refractivity contribution in [3.05, 3.63) is 89.2 Å². The van der Waals surface area contributed by atoms with E-state index in [0.29, 0.717) is 29.2 Å². The topological polar surface area (TPSA) is 68.5 Å². The lowest BCUT2D eigenvalue weighted by Gasteiger charge is -2.09. The van der Waals surface area contributed by atoms with Gasteiger partial charge in [0.25, 0.3) is 0 Å². The summed E-state index contributed by atoms with van der Waals surface area (Å²) >= 11 is 0. The minimum Gasteiger partial charge on any atom is -0.493 e. The number of esters is 1. The maximum absolute atomic E-state index is 13.9. The third-order valence-electron chi connectivity index (χ3n) is 4.77. The summed E-state index contributed by atoms with van der Waals surface area (Å²) in [5.41, 5.74) is 2.07. The van der Waals surface area contributed by atoms with Gasteiger partial charge >= 0.3 is 5.97 Å². The van der Waals surface area contributed by atoms with E-state index in [4.69, 9.17) is 14.2 Å². The minimum atomic E-state index is -0.458. The van der Waals surface area contributed by atoms with Gasteiger partial charge in [0.1, 0.15) is 11.6 Å². The molecular formula is C26H22FNO4. The van der Waals surface area contributed by atoms with E-state index in [1.807, 2.05) is 18.2 Å². The van der Waals surface area contributed by atoms with Crippen LogP contribution in [0.3, 0.4) is 0 Å². The Kier molecular flexibility index (Phi) is 7.60. The molecule has 0 saturated heterocycles. The minimum absolute atomic E-state index is 0.197. The number of carbonyl (C=O) groups is 1. The van der Waals surface area contributed by atoms with Gasteiger partial charge in [-0.3, -0.25) is 4.79 Å². The summed E-state index contributed by atoms with van der Waals surface area (Å²) in [6.07, 6.45) is 2.28. The maximum atomic E-state index is 13.9. The normalized spacial score (nSPS) is 10.9. The lowest BCUT2D eigenvalue weighted by molar-refractivity contribution is -0.134. The highest BCUT2D eigenvalue weighted by atomic mass is 19.1. The van der Waals surface area contributed by atoms with Gasteiger partial charge in [0.2, 0.25) is 0 Å². The van der Waals surface area contributed by atoms with Gasteiger partial charge in [-0.2, -0.15) is 5.26 Å². The van der Waals surface area contributed by atoms with Gasteiger partial charge < -0.3 is 14.2 Å². The first kappa shape index (κ1) is 22.6. The molecule has 0 aliphatic carbocycles. The van der Waals surface area contributed by atoms with E-state index in [9.17, 15) is 14.4 Å². The van der Waals surface area contributed by atoms with Crippen molar-refractivity contribution in [3.8, 4) is 23.3 Å². The first-order valence-electron chi connectivity index (χ1n) is 9.92. The molecule has 0 radical (unpaired) electrons. The Morgan fingerprint density at radius 3 is 2.38 bits per heavy atom. The van der Waals surface area contributed by atoms with E-state index in [-0.39, 0.29) is 23.5 Å². The number of hydrogen-bond donors (Lipinski definition) is 0. The van der Waals surface area contributed by atoms with Crippen LogP contribution in [0, 0.1) is 17.1 Å². The lowest BCUT2D eigenvalue weighted by Crippen LogP contribution is -2.09. The van der Waals surface area contributed by atoms with Crippen molar-refractivity contribution in [2.75, 3.05) is 14.2 Å². The van der Waals surface area contributed by atoms with Gasteiger partial charge in [0, 0.05) is 12.0 Å². The summed E-state index contributed by atoms with van der Waals surface area (Å²) in [5.74, 6) is 0.799. The molecule has 0 aliphatic heterocycles. The molecule has 0 unspecified atom stereocenters. The summed E-state index contributed by atoms with van der Waals surface area (Å²) in [5, 5.41) is 9.38. The SMILES string of the molecule is COc1ccc(CCC(=O)Oc2ccc(/C=C(/C#N)c3ccccc3F)cc2)cc1OC. The van der Waals surface area contributed by atoms with E-state index in [2.05, 4.69) is 0 Å². The third-order valence-corrected chi connectivity index (χ3v) is 4.77. The molecule has 32 heavy (non-hydrogen) atoms. The first-order valence-corrected chi connectivity index (χ1v) is 9.92. The molecule has 3 aromatic rings. The van der Waals surface area contributed by atoms with Crippen LogP contribution in [0.5, 0.6) is 17.2 Å². The Bertz CT molecular complexity index is 1160. The van der Waals surface area contributed by atoms with Gasteiger partial charge in [-0.25, -0.2) is 4.39 Å². The van der Waals surface area contributed by atoms with Crippen LogP contribution in [-0.4, -0.2) is 20.2 Å². The molecule has 0 aliphatic rings. The zero-order valence-corrected chi connectivity index (χ0v) is 17.8. The number of rotatable bonds is 8. The van der Waals surface area contributed by atoms with Crippen molar-refractivity contribution in [2.24, 2.45) is 0 Å². The molecule has 5 nitrogen and oxygen atoms in total. The highest BCUT2D eigenvalue weighted by Gasteiger charge is 2.10. The predicted octanol–water partition coefficient (Wildman–Crippen LogP) is 5.45. The Labute approximate surface area is 186 Å². The second-order valence-electron chi connectivity index (χ2n) is 6.88. The number of nitrogens with zero attached hydrogens (tertiary/aromatic N) is 1. The third kappa shape index (κ3) is 5.73. The number of carbonyl (C=O) groups excluding carboxylic acids is 1. The van der Waals surface area contributed by atoms with Crippen molar-refractivity contribution in [2.45, 2.75) is 12.8 Å². The zero-order valence-electron chi connectivity index (χ0n) is 17.8.